The molecule has 0 N–H and O–H groups in total. The van der Waals surface area contributed by atoms with Crippen molar-refractivity contribution in [2.24, 2.45) is 0 Å². The van der Waals surface area contributed by atoms with Crippen molar-refractivity contribution in [2.45, 2.75) is 13.8 Å². The first-order chi connectivity index (χ1) is 4.20. The molecule has 1 rings (SSSR count). The van der Waals surface area contributed by atoms with Gasteiger partial charge in [0.15, 0.2) is 0 Å². The van der Waals surface area contributed by atoms with E-state index in [0.29, 0.717) is 0 Å². The van der Waals surface area contributed by atoms with Gasteiger partial charge in [0, 0.05) is 0 Å². The molecule has 0 aliphatic rings. The van der Waals surface area contributed by atoms with Crippen LogP contribution in [0.25, 0.3) is 0 Å². The van der Waals surface area contributed by atoms with Crippen LogP contribution in [0.15, 0.2) is 18.2 Å². The van der Waals surface area contributed by atoms with Crippen LogP contribution in [0.4, 0.5) is 0 Å². The number of aryl methyl sites for hydroxylation is 2. The minimum absolute atomic E-state index is 1.22. The van der Waals surface area contributed by atoms with Crippen LogP contribution in [0.3, 0.4) is 0 Å². The molecule has 0 nitrogen and oxygen atoms in total. The normalized spacial score (nSPS) is 9.56. The SMILES string of the molecule is Cc1ccc([Se])cc1C. The molecule has 0 unspecified atom stereocenters. The Bertz CT molecular complexity index is 216. The first-order valence-corrected chi connectivity index (χ1v) is 3.80. The Balaban J connectivity index is 3.17. The van der Waals surface area contributed by atoms with Crippen LogP contribution in [-0.4, -0.2) is 16.0 Å². The Labute approximate surface area is 64.1 Å². The second kappa shape index (κ2) is 2.55. The van der Waals surface area contributed by atoms with E-state index in [1.165, 1.54) is 15.6 Å². The molecule has 1 radical (unpaired) electrons. The Kier molecular flexibility index (Phi) is 1.94. The first-order valence-electron chi connectivity index (χ1n) is 2.94. The third kappa shape index (κ3) is 1.57. The van der Waals surface area contributed by atoms with Crippen molar-refractivity contribution in [1.29, 1.82) is 0 Å². The summed E-state index contributed by atoms with van der Waals surface area (Å²) in [6, 6.07) is 6.36. The van der Waals surface area contributed by atoms with Crippen molar-refractivity contribution in [3.05, 3.63) is 29.3 Å². The van der Waals surface area contributed by atoms with Crippen LogP contribution in [0.2, 0.25) is 0 Å². The summed E-state index contributed by atoms with van der Waals surface area (Å²) in [6.45, 7) is 4.24. The summed E-state index contributed by atoms with van der Waals surface area (Å²) in [4.78, 5) is 0. The summed E-state index contributed by atoms with van der Waals surface area (Å²) < 4.78 is 1.22. The van der Waals surface area contributed by atoms with Crippen LogP contribution in [0.5, 0.6) is 0 Å². The Hall–Kier alpha value is -0.261. The van der Waals surface area contributed by atoms with Gasteiger partial charge in [0.2, 0.25) is 0 Å². The van der Waals surface area contributed by atoms with Crippen molar-refractivity contribution in [3.8, 4) is 0 Å². The zero-order chi connectivity index (χ0) is 6.85. The molecule has 0 spiro atoms. The fraction of sp³-hybridized carbons (Fsp3) is 0.250. The van der Waals surface area contributed by atoms with E-state index in [4.69, 9.17) is 0 Å². The topological polar surface area (TPSA) is 0 Å². The summed E-state index contributed by atoms with van der Waals surface area (Å²) in [7, 11) is 0. The van der Waals surface area contributed by atoms with Gasteiger partial charge in [-0.05, 0) is 0 Å². The zero-order valence-electron chi connectivity index (χ0n) is 5.64. The van der Waals surface area contributed by atoms with E-state index in [9.17, 15) is 0 Å². The van der Waals surface area contributed by atoms with Gasteiger partial charge >= 0.3 is 63.6 Å². The number of hydrogen-bond donors (Lipinski definition) is 0. The van der Waals surface area contributed by atoms with Gasteiger partial charge in [-0.3, -0.25) is 0 Å². The number of rotatable bonds is 0. The fourth-order valence-electron chi connectivity index (χ4n) is 0.714. The van der Waals surface area contributed by atoms with E-state index in [-0.39, 0.29) is 0 Å². The van der Waals surface area contributed by atoms with Crippen molar-refractivity contribution >= 4 is 20.5 Å². The summed E-state index contributed by atoms with van der Waals surface area (Å²) >= 11 is 2.97. The van der Waals surface area contributed by atoms with E-state index < -0.39 is 0 Å². The average Bonchev–Trinajstić information content (AvgIpc) is 1.80. The molecule has 1 aromatic rings. The van der Waals surface area contributed by atoms with E-state index in [2.05, 4.69) is 48.1 Å². The molecule has 0 heterocycles. The molecule has 0 aliphatic carbocycles. The molecular weight excluding hydrogens is 175 g/mol. The molecular formula is C8H9Se. The Morgan fingerprint density at radius 1 is 1.11 bits per heavy atom. The van der Waals surface area contributed by atoms with E-state index in [0.717, 1.165) is 0 Å². The third-order valence-electron chi connectivity index (χ3n) is 1.48. The van der Waals surface area contributed by atoms with Crippen molar-refractivity contribution in [3.63, 3.8) is 0 Å². The first kappa shape index (κ1) is 6.85. The van der Waals surface area contributed by atoms with Crippen LogP contribution < -0.4 is 4.46 Å². The Morgan fingerprint density at radius 3 is 2.22 bits per heavy atom. The average molecular weight is 184 g/mol. The monoisotopic (exact) mass is 185 g/mol. The van der Waals surface area contributed by atoms with E-state index >= 15 is 0 Å². The molecule has 0 bridgehead atoms. The summed E-state index contributed by atoms with van der Waals surface area (Å²) in [6.07, 6.45) is 0. The molecule has 1 aromatic carbocycles. The molecule has 0 saturated heterocycles. The van der Waals surface area contributed by atoms with Gasteiger partial charge in [0.05, 0.1) is 0 Å². The summed E-state index contributed by atoms with van der Waals surface area (Å²) in [5, 5.41) is 0. The van der Waals surface area contributed by atoms with E-state index in [1.807, 2.05) is 0 Å². The fourth-order valence-corrected chi connectivity index (χ4v) is 1.23. The predicted octanol–water partition coefficient (Wildman–Crippen LogP) is 1.10. The molecule has 0 amide bonds. The van der Waals surface area contributed by atoms with Gasteiger partial charge in [0.1, 0.15) is 0 Å². The molecule has 1 heteroatoms. The number of benzene rings is 1. The van der Waals surface area contributed by atoms with Crippen molar-refractivity contribution in [1.82, 2.24) is 0 Å². The minimum atomic E-state index is 1.22. The molecule has 47 valence electrons. The molecule has 0 saturated carbocycles. The van der Waals surface area contributed by atoms with Crippen LogP contribution in [0.1, 0.15) is 11.1 Å². The van der Waals surface area contributed by atoms with Gasteiger partial charge in [0.25, 0.3) is 0 Å². The van der Waals surface area contributed by atoms with Crippen LogP contribution >= 0.6 is 0 Å². The number of hydrogen-bond acceptors (Lipinski definition) is 0. The van der Waals surface area contributed by atoms with Crippen molar-refractivity contribution in [2.75, 3.05) is 0 Å². The van der Waals surface area contributed by atoms with Gasteiger partial charge in [-0.1, -0.05) is 0 Å². The maximum atomic E-state index is 2.97. The van der Waals surface area contributed by atoms with Gasteiger partial charge < -0.3 is 0 Å². The zero-order valence-corrected chi connectivity index (χ0v) is 7.35. The van der Waals surface area contributed by atoms with Crippen molar-refractivity contribution < 1.29 is 0 Å². The van der Waals surface area contributed by atoms with Gasteiger partial charge in [-0.25, -0.2) is 0 Å². The summed E-state index contributed by atoms with van der Waals surface area (Å²) in [5.74, 6) is 0. The van der Waals surface area contributed by atoms with Gasteiger partial charge in [-0.2, -0.15) is 0 Å². The predicted molar refractivity (Wildman–Crippen MR) is 41.3 cm³/mol. The van der Waals surface area contributed by atoms with Crippen LogP contribution in [-0.2, 0) is 0 Å². The second-order valence-corrected chi connectivity index (χ2v) is 3.24. The molecule has 0 fully saturated rings. The molecule has 9 heavy (non-hydrogen) atoms. The molecule has 0 aromatic heterocycles. The van der Waals surface area contributed by atoms with E-state index in [1.54, 1.807) is 0 Å². The molecule has 0 atom stereocenters. The maximum absolute atomic E-state index is 2.97. The Morgan fingerprint density at radius 2 is 1.78 bits per heavy atom. The third-order valence-corrected chi connectivity index (χ3v) is 2.01. The summed E-state index contributed by atoms with van der Waals surface area (Å²) in [5.41, 5.74) is 2.71. The van der Waals surface area contributed by atoms with Crippen LogP contribution in [0, 0.1) is 13.8 Å². The standard InChI is InChI=1S/C8H9Se/c1-6-3-4-8(9)5-7(6)2/h3-5H,1-2H3. The molecule has 0 aliphatic heterocycles. The second-order valence-electron chi connectivity index (χ2n) is 2.25. The van der Waals surface area contributed by atoms with Gasteiger partial charge in [-0.15, -0.1) is 0 Å². The quantitative estimate of drug-likeness (QED) is 0.529.